The van der Waals surface area contributed by atoms with Gasteiger partial charge < -0.3 is 19.8 Å². The molecule has 4 aromatic rings. The van der Waals surface area contributed by atoms with Crippen molar-refractivity contribution in [2.24, 2.45) is 17.8 Å². The molecule has 0 radical (unpaired) electrons. The second-order valence-electron chi connectivity index (χ2n) is 14.1. The predicted octanol–water partition coefficient (Wildman–Crippen LogP) is 8.04. The molecular weight excluding hydrogens is 579 g/mol. The van der Waals surface area contributed by atoms with Crippen molar-refractivity contribution in [2.75, 3.05) is 19.0 Å². The Labute approximate surface area is 268 Å². The molecule has 2 aliphatic rings. The predicted molar refractivity (Wildman–Crippen MR) is 182 cm³/mol. The lowest BCUT2D eigenvalue weighted by Gasteiger charge is -2.25. The number of H-pyrrole nitrogens is 1. The summed E-state index contributed by atoms with van der Waals surface area (Å²) in [6.45, 7) is 12.4. The summed E-state index contributed by atoms with van der Waals surface area (Å²) in [6.07, 6.45) is 6.59. The van der Waals surface area contributed by atoms with Gasteiger partial charge in [0.25, 0.3) is 0 Å². The first-order valence-corrected chi connectivity index (χ1v) is 20.0. The molecule has 2 heterocycles. The highest BCUT2D eigenvalue weighted by molar-refractivity contribution is 6.76. The summed E-state index contributed by atoms with van der Waals surface area (Å²) >= 11 is 0. The largest absolute Gasteiger partial charge is 0.496 e. The average molecular weight is 626 g/mol. The number of amides is 1. The van der Waals surface area contributed by atoms with Crippen LogP contribution in [-0.4, -0.2) is 47.4 Å². The van der Waals surface area contributed by atoms with E-state index in [1.165, 1.54) is 25.7 Å². The SMILES string of the molecule is COc1ccccc1-c1cnc(C(C(=O)Nc2ccc(-c3c(C)nn(COCC[Si](C)(C)C)c3C)cc2)C(C2CC2)C2CC2)[nH]1. The van der Waals surface area contributed by atoms with Crippen LogP contribution in [0.4, 0.5) is 5.69 Å². The van der Waals surface area contributed by atoms with E-state index in [0.717, 1.165) is 63.7 Å². The minimum Gasteiger partial charge on any atom is -0.496 e. The van der Waals surface area contributed by atoms with Crippen molar-refractivity contribution < 1.29 is 14.3 Å². The van der Waals surface area contributed by atoms with Crippen molar-refractivity contribution >= 4 is 19.7 Å². The zero-order chi connectivity index (χ0) is 31.7. The van der Waals surface area contributed by atoms with Gasteiger partial charge in [0.1, 0.15) is 18.3 Å². The van der Waals surface area contributed by atoms with Crippen LogP contribution in [0.25, 0.3) is 22.4 Å². The van der Waals surface area contributed by atoms with Gasteiger partial charge in [0.15, 0.2) is 0 Å². The summed E-state index contributed by atoms with van der Waals surface area (Å²) in [5, 5.41) is 8.02. The zero-order valence-electron chi connectivity index (χ0n) is 27.5. The summed E-state index contributed by atoms with van der Waals surface area (Å²) in [6, 6.07) is 17.2. The molecule has 0 aliphatic heterocycles. The molecule has 6 rings (SSSR count). The molecule has 1 amide bonds. The number of nitrogens with zero attached hydrogens (tertiary/aromatic N) is 3. The Kier molecular flexibility index (Phi) is 9.02. The van der Waals surface area contributed by atoms with E-state index in [1.54, 1.807) is 7.11 Å². The van der Waals surface area contributed by atoms with E-state index in [9.17, 15) is 4.79 Å². The average Bonchev–Trinajstić information content (AvgIpc) is 3.95. The third kappa shape index (κ3) is 7.25. The van der Waals surface area contributed by atoms with Gasteiger partial charge in [-0.15, -0.1) is 0 Å². The van der Waals surface area contributed by atoms with Crippen LogP contribution in [0.3, 0.4) is 0 Å². The van der Waals surface area contributed by atoms with Gasteiger partial charge in [-0.05, 0) is 93.2 Å². The lowest BCUT2D eigenvalue weighted by atomic mass is 9.82. The molecule has 2 N–H and O–H groups in total. The van der Waals surface area contributed by atoms with Crippen molar-refractivity contribution in [1.82, 2.24) is 19.7 Å². The fourth-order valence-corrected chi connectivity index (χ4v) is 7.34. The Bertz CT molecular complexity index is 1620. The Balaban J connectivity index is 1.19. The van der Waals surface area contributed by atoms with Crippen LogP contribution >= 0.6 is 0 Å². The fourth-order valence-electron chi connectivity index (χ4n) is 6.58. The number of carbonyl (C=O) groups is 1. The lowest BCUT2D eigenvalue weighted by molar-refractivity contribution is -0.119. The smallest absolute Gasteiger partial charge is 0.235 e. The van der Waals surface area contributed by atoms with E-state index < -0.39 is 8.07 Å². The normalized spacial score (nSPS) is 15.8. The van der Waals surface area contributed by atoms with Crippen molar-refractivity contribution in [3.05, 3.63) is 71.9 Å². The van der Waals surface area contributed by atoms with Crippen LogP contribution in [0.5, 0.6) is 5.75 Å². The minimum atomic E-state index is -1.13. The van der Waals surface area contributed by atoms with Gasteiger partial charge >= 0.3 is 0 Å². The number of hydrogen-bond acceptors (Lipinski definition) is 5. The van der Waals surface area contributed by atoms with Gasteiger partial charge in [-0.25, -0.2) is 9.67 Å². The van der Waals surface area contributed by atoms with E-state index in [4.69, 9.17) is 19.6 Å². The summed E-state index contributed by atoms with van der Waals surface area (Å²) in [4.78, 5) is 22.4. The maximum absolute atomic E-state index is 14.1. The molecule has 2 saturated carbocycles. The first kappa shape index (κ1) is 31.3. The number of aromatic nitrogens is 4. The van der Waals surface area contributed by atoms with Crippen molar-refractivity contribution in [3.8, 4) is 28.1 Å². The summed E-state index contributed by atoms with van der Waals surface area (Å²) < 4.78 is 13.5. The number of imidazole rings is 1. The Hall–Kier alpha value is -3.69. The number of rotatable bonds is 14. The highest BCUT2D eigenvalue weighted by Gasteiger charge is 2.49. The topological polar surface area (TPSA) is 94.1 Å². The van der Waals surface area contributed by atoms with Crippen molar-refractivity contribution in [1.29, 1.82) is 0 Å². The molecule has 2 aromatic heterocycles. The van der Waals surface area contributed by atoms with Crippen molar-refractivity contribution in [2.45, 2.75) is 77.9 Å². The van der Waals surface area contributed by atoms with E-state index >= 15 is 0 Å². The maximum atomic E-state index is 14.1. The van der Waals surface area contributed by atoms with Gasteiger partial charge in [-0.3, -0.25) is 4.79 Å². The number of aromatic amines is 1. The molecule has 8 nitrogen and oxygen atoms in total. The number of benzene rings is 2. The number of carbonyl (C=O) groups excluding carboxylic acids is 1. The molecule has 2 fully saturated rings. The molecule has 45 heavy (non-hydrogen) atoms. The molecule has 1 atom stereocenters. The third-order valence-corrected chi connectivity index (χ3v) is 11.0. The number of para-hydroxylation sites is 1. The van der Waals surface area contributed by atoms with E-state index in [1.807, 2.05) is 54.2 Å². The highest BCUT2D eigenvalue weighted by Crippen LogP contribution is 2.55. The monoisotopic (exact) mass is 625 g/mol. The Morgan fingerprint density at radius 2 is 1.73 bits per heavy atom. The second-order valence-corrected chi connectivity index (χ2v) is 19.7. The van der Waals surface area contributed by atoms with Gasteiger partial charge in [-0.2, -0.15) is 5.10 Å². The molecule has 0 saturated heterocycles. The van der Waals surface area contributed by atoms with E-state index in [0.29, 0.717) is 24.5 Å². The molecule has 0 bridgehead atoms. The minimum absolute atomic E-state index is 0.00289. The summed E-state index contributed by atoms with van der Waals surface area (Å²) in [5.74, 6) is 2.64. The van der Waals surface area contributed by atoms with Crippen LogP contribution < -0.4 is 10.1 Å². The van der Waals surface area contributed by atoms with E-state index in [-0.39, 0.29) is 11.8 Å². The summed E-state index contributed by atoms with van der Waals surface area (Å²) in [5.41, 5.74) is 6.83. The van der Waals surface area contributed by atoms with Gasteiger partial charge in [0.05, 0.1) is 30.6 Å². The molecule has 2 aliphatic carbocycles. The standard InChI is InChI=1S/C36H47N5O3Si/c1-23-32(24(2)41(40-23)22-44-19-20-45(4,5)6)25-15-17-28(18-16-25)38-36(42)34(33(26-11-12-26)27-13-14-27)35-37-21-30(39-35)29-9-7-8-10-31(29)43-3/h7-10,15-18,21,26-27,33-34H,11-14,19-20,22H2,1-6H3,(H,37,39)(H,38,42). The molecule has 9 heteroatoms. The number of hydrogen-bond donors (Lipinski definition) is 2. The summed E-state index contributed by atoms with van der Waals surface area (Å²) in [7, 11) is 0.540. The molecule has 238 valence electrons. The molecule has 0 spiro atoms. The molecule has 1 unspecified atom stereocenters. The maximum Gasteiger partial charge on any atom is 0.235 e. The van der Waals surface area contributed by atoms with Crippen LogP contribution in [0.15, 0.2) is 54.7 Å². The Morgan fingerprint density at radius 1 is 1.04 bits per heavy atom. The highest BCUT2D eigenvalue weighted by atomic mass is 28.3. The Morgan fingerprint density at radius 3 is 2.38 bits per heavy atom. The van der Waals surface area contributed by atoms with Gasteiger partial charge in [0.2, 0.25) is 5.91 Å². The number of nitrogens with one attached hydrogen (secondary N) is 2. The zero-order valence-corrected chi connectivity index (χ0v) is 28.5. The number of anilines is 1. The van der Waals surface area contributed by atoms with Crippen LogP contribution in [-0.2, 0) is 16.3 Å². The first-order valence-electron chi connectivity index (χ1n) is 16.3. The number of methoxy groups -OCH3 is 1. The van der Waals surface area contributed by atoms with Crippen LogP contribution in [0.2, 0.25) is 25.7 Å². The lowest BCUT2D eigenvalue weighted by Crippen LogP contribution is -2.31. The fraction of sp³-hybridized carbons (Fsp3) is 0.472. The third-order valence-electron chi connectivity index (χ3n) is 9.32. The van der Waals surface area contributed by atoms with E-state index in [2.05, 4.69) is 49.0 Å². The van der Waals surface area contributed by atoms with Crippen LogP contribution in [0, 0.1) is 31.6 Å². The van der Waals surface area contributed by atoms with Gasteiger partial charge in [-0.1, -0.05) is 43.9 Å². The first-order chi connectivity index (χ1) is 21.6. The number of ether oxygens (including phenoxy) is 2. The van der Waals surface area contributed by atoms with Crippen LogP contribution in [0.1, 0.15) is 48.8 Å². The van der Waals surface area contributed by atoms with Crippen molar-refractivity contribution in [3.63, 3.8) is 0 Å². The molecular formula is C36H47N5O3Si. The quantitative estimate of drug-likeness (QED) is 0.109. The number of aryl methyl sites for hydroxylation is 1. The second kappa shape index (κ2) is 13.0. The van der Waals surface area contributed by atoms with Gasteiger partial charge in [0, 0.05) is 37.2 Å². The molecule has 2 aromatic carbocycles.